The quantitative estimate of drug-likeness (QED) is 0.583. The van der Waals surface area contributed by atoms with Gasteiger partial charge in [0.15, 0.2) is 0 Å². The molecule has 2 amide bonds. The monoisotopic (exact) mass is 393 g/mol. The van der Waals surface area contributed by atoms with Crippen LogP contribution >= 0.6 is 0 Å². The van der Waals surface area contributed by atoms with Gasteiger partial charge >= 0.3 is 0 Å². The Morgan fingerprint density at radius 1 is 0.963 bits per heavy atom. The van der Waals surface area contributed by atoms with E-state index in [1.807, 2.05) is 0 Å². The third-order valence-corrected chi connectivity index (χ3v) is 5.16. The maximum absolute atomic E-state index is 13.5. The normalized spacial score (nSPS) is 12.2. The Hall–Kier alpha value is -2.78. The van der Waals surface area contributed by atoms with E-state index in [2.05, 4.69) is 15.4 Å². The summed E-state index contributed by atoms with van der Waals surface area (Å²) in [6.45, 7) is 1.54. The number of carbonyl (C=O) groups is 2. The summed E-state index contributed by atoms with van der Waals surface area (Å²) in [6.07, 6.45) is 0. The molecule has 0 saturated carbocycles. The summed E-state index contributed by atoms with van der Waals surface area (Å²) in [6, 6.07) is 12.2. The molecule has 0 spiro atoms. The number of sulfonamides is 1. The van der Waals surface area contributed by atoms with Gasteiger partial charge in [0.2, 0.25) is 15.9 Å². The molecule has 2 rings (SSSR count). The summed E-state index contributed by atoms with van der Waals surface area (Å²) in [4.78, 5) is 23.9. The van der Waals surface area contributed by atoms with E-state index in [1.54, 1.807) is 24.3 Å². The van der Waals surface area contributed by atoms with Crippen molar-refractivity contribution in [2.45, 2.75) is 17.9 Å². The fraction of sp³-hybridized carbons (Fsp3) is 0.222. The zero-order chi connectivity index (χ0) is 19.9. The van der Waals surface area contributed by atoms with Gasteiger partial charge in [-0.3, -0.25) is 9.59 Å². The van der Waals surface area contributed by atoms with Gasteiger partial charge < -0.3 is 10.6 Å². The first-order valence-corrected chi connectivity index (χ1v) is 9.67. The number of hydrogen-bond acceptors (Lipinski definition) is 4. The number of halogens is 1. The molecule has 0 unspecified atom stereocenters. The average molecular weight is 393 g/mol. The maximum Gasteiger partial charge on any atom is 0.254 e. The molecule has 0 radical (unpaired) electrons. The Morgan fingerprint density at radius 3 is 2.22 bits per heavy atom. The van der Waals surface area contributed by atoms with Crippen molar-refractivity contribution in [2.24, 2.45) is 0 Å². The summed E-state index contributed by atoms with van der Waals surface area (Å²) >= 11 is 0. The topological polar surface area (TPSA) is 104 Å². The molecule has 0 bridgehead atoms. The molecule has 7 nitrogen and oxygen atoms in total. The lowest BCUT2D eigenvalue weighted by Crippen LogP contribution is -2.46. The fourth-order valence-electron chi connectivity index (χ4n) is 2.21. The van der Waals surface area contributed by atoms with Gasteiger partial charge in [0.1, 0.15) is 5.82 Å². The Morgan fingerprint density at radius 2 is 1.56 bits per heavy atom. The van der Waals surface area contributed by atoms with Gasteiger partial charge in [-0.2, -0.15) is 4.72 Å². The maximum atomic E-state index is 13.5. The molecule has 0 aromatic heterocycles. The second-order valence-electron chi connectivity index (χ2n) is 5.68. The van der Waals surface area contributed by atoms with Crippen LogP contribution in [-0.2, 0) is 14.8 Å². The molecule has 0 aliphatic heterocycles. The van der Waals surface area contributed by atoms with Crippen molar-refractivity contribution in [1.29, 1.82) is 0 Å². The van der Waals surface area contributed by atoms with Gasteiger partial charge in [-0.15, -0.1) is 0 Å². The van der Waals surface area contributed by atoms with Crippen LogP contribution in [0.1, 0.15) is 17.3 Å². The molecule has 9 heteroatoms. The second-order valence-corrected chi connectivity index (χ2v) is 7.40. The van der Waals surface area contributed by atoms with E-state index in [1.165, 1.54) is 37.3 Å². The van der Waals surface area contributed by atoms with Crippen molar-refractivity contribution in [1.82, 2.24) is 15.4 Å². The predicted octanol–water partition coefficient (Wildman–Crippen LogP) is 1.04. The summed E-state index contributed by atoms with van der Waals surface area (Å²) in [5.41, 5.74) is -0.0900. The minimum atomic E-state index is -3.81. The van der Waals surface area contributed by atoms with E-state index < -0.39 is 33.7 Å². The smallest absolute Gasteiger partial charge is 0.254 e. The lowest BCUT2D eigenvalue weighted by Gasteiger charge is -2.14. The molecule has 0 heterocycles. The number of rotatable bonds is 8. The summed E-state index contributed by atoms with van der Waals surface area (Å²) in [5.74, 6) is -1.78. The molecule has 2 aromatic rings. The Kier molecular flexibility index (Phi) is 7.03. The van der Waals surface area contributed by atoms with Crippen molar-refractivity contribution >= 4 is 21.8 Å². The summed E-state index contributed by atoms with van der Waals surface area (Å²) in [7, 11) is -3.81. The highest BCUT2D eigenvalue weighted by Crippen LogP contribution is 2.08. The molecule has 2 aromatic carbocycles. The third-order valence-electron chi connectivity index (χ3n) is 3.61. The van der Waals surface area contributed by atoms with Gasteiger partial charge in [-0.1, -0.05) is 30.3 Å². The highest BCUT2D eigenvalue weighted by molar-refractivity contribution is 7.89. The van der Waals surface area contributed by atoms with Gasteiger partial charge in [0.05, 0.1) is 16.5 Å². The minimum absolute atomic E-state index is 0.0572. The fourth-order valence-corrected chi connectivity index (χ4v) is 3.43. The molecule has 0 saturated heterocycles. The van der Waals surface area contributed by atoms with Crippen LogP contribution in [0.4, 0.5) is 4.39 Å². The molecule has 0 fully saturated rings. The van der Waals surface area contributed by atoms with E-state index in [0.29, 0.717) is 0 Å². The average Bonchev–Trinajstić information content (AvgIpc) is 2.65. The molecule has 0 aliphatic rings. The van der Waals surface area contributed by atoms with Crippen LogP contribution in [0.3, 0.4) is 0 Å². The zero-order valence-electron chi connectivity index (χ0n) is 14.6. The van der Waals surface area contributed by atoms with E-state index in [9.17, 15) is 22.4 Å². The Balaban J connectivity index is 1.78. The second kappa shape index (κ2) is 9.24. The van der Waals surface area contributed by atoms with E-state index in [4.69, 9.17) is 0 Å². The Bertz CT molecular complexity index is 904. The number of amides is 2. The van der Waals surface area contributed by atoms with Crippen molar-refractivity contribution in [3.63, 3.8) is 0 Å². The molecule has 144 valence electrons. The van der Waals surface area contributed by atoms with Crippen LogP contribution in [0.2, 0.25) is 0 Å². The summed E-state index contributed by atoms with van der Waals surface area (Å²) < 4.78 is 40.1. The lowest BCUT2D eigenvalue weighted by molar-refractivity contribution is -0.122. The predicted molar refractivity (Wildman–Crippen MR) is 98.0 cm³/mol. The Labute approximate surface area is 157 Å². The van der Waals surface area contributed by atoms with E-state index >= 15 is 0 Å². The van der Waals surface area contributed by atoms with Crippen LogP contribution in [0.5, 0.6) is 0 Å². The van der Waals surface area contributed by atoms with Crippen molar-refractivity contribution in [3.05, 3.63) is 66.0 Å². The van der Waals surface area contributed by atoms with Crippen LogP contribution in [0, 0.1) is 5.82 Å². The van der Waals surface area contributed by atoms with Crippen LogP contribution < -0.4 is 15.4 Å². The molecule has 0 aliphatic carbocycles. The molecule has 27 heavy (non-hydrogen) atoms. The van der Waals surface area contributed by atoms with Crippen LogP contribution in [0.25, 0.3) is 0 Å². The van der Waals surface area contributed by atoms with E-state index in [0.717, 1.165) is 0 Å². The zero-order valence-corrected chi connectivity index (χ0v) is 15.4. The van der Waals surface area contributed by atoms with Crippen molar-refractivity contribution in [2.75, 3.05) is 13.1 Å². The van der Waals surface area contributed by atoms with Gasteiger partial charge in [-0.25, -0.2) is 12.8 Å². The minimum Gasteiger partial charge on any atom is -0.353 e. The number of benzene rings is 2. The first kappa shape index (κ1) is 20.5. The molecule has 1 atom stereocenters. The lowest BCUT2D eigenvalue weighted by atomic mass is 10.2. The SMILES string of the molecule is C[C@H](NS(=O)(=O)c1ccccc1)C(=O)NCCNC(=O)c1ccccc1F. The highest BCUT2D eigenvalue weighted by atomic mass is 32.2. The van der Waals surface area contributed by atoms with E-state index in [-0.39, 0.29) is 23.5 Å². The molecular weight excluding hydrogens is 373 g/mol. The van der Waals surface area contributed by atoms with Gasteiger partial charge in [-0.05, 0) is 31.2 Å². The van der Waals surface area contributed by atoms with Gasteiger partial charge in [0, 0.05) is 13.1 Å². The number of nitrogens with one attached hydrogen (secondary N) is 3. The number of carbonyl (C=O) groups excluding carboxylic acids is 2. The van der Waals surface area contributed by atoms with Crippen LogP contribution in [0.15, 0.2) is 59.5 Å². The third kappa shape index (κ3) is 5.87. The van der Waals surface area contributed by atoms with Gasteiger partial charge in [0.25, 0.3) is 5.91 Å². The first-order chi connectivity index (χ1) is 12.8. The largest absolute Gasteiger partial charge is 0.353 e. The number of hydrogen-bond donors (Lipinski definition) is 3. The highest BCUT2D eigenvalue weighted by Gasteiger charge is 2.21. The standard InChI is InChI=1S/C18H20FN3O4S/c1-13(22-27(25,26)14-7-3-2-4-8-14)17(23)20-11-12-21-18(24)15-9-5-6-10-16(15)19/h2-10,13,22H,11-12H2,1H3,(H,20,23)(H,21,24)/t13-/m0/s1. The van der Waals surface area contributed by atoms with Crippen molar-refractivity contribution in [3.8, 4) is 0 Å². The summed E-state index contributed by atoms with van der Waals surface area (Å²) in [5, 5.41) is 4.98. The van der Waals surface area contributed by atoms with Crippen LogP contribution in [-0.4, -0.2) is 39.4 Å². The molecular formula is C18H20FN3O4S. The van der Waals surface area contributed by atoms with Crippen molar-refractivity contribution < 1.29 is 22.4 Å². The first-order valence-electron chi connectivity index (χ1n) is 8.19. The molecule has 3 N–H and O–H groups in total.